The molecule has 0 spiro atoms. The van der Waals surface area contributed by atoms with Crippen LogP contribution in [0.25, 0.3) is 0 Å². The first-order valence-electron chi connectivity index (χ1n) is 8.03. The highest BCUT2D eigenvalue weighted by atomic mass is 35.5. The van der Waals surface area contributed by atoms with Crippen LogP contribution in [0.1, 0.15) is 25.7 Å². The number of carbonyl (C=O) groups excluding carboxylic acids is 2. The van der Waals surface area contributed by atoms with E-state index in [1.54, 1.807) is 0 Å². The Labute approximate surface area is 148 Å². The van der Waals surface area contributed by atoms with Gasteiger partial charge in [-0.05, 0) is 25.7 Å². The topological polar surface area (TPSA) is 84.7 Å². The smallest absolute Gasteiger partial charge is 0.239 e. The third-order valence-electron chi connectivity index (χ3n) is 4.43. The third-order valence-corrected chi connectivity index (χ3v) is 5.37. The predicted octanol–water partition coefficient (Wildman–Crippen LogP) is 0.632. The van der Waals surface area contributed by atoms with Crippen molar-refractivity contribution in [3.05, 3.63) is 0 Å². The zero-order valence-electron chi connectivity index (χ0n) is 13.7. The molecule has 134 valence electrons. The molecule has 1 heterocycles. The van der Waals surface area contributed by atoms with E-state index in [4.69, 9.17) is 10.5 Å². The molecule has 1 atom stereocenters. The van der Waals surface area contributed by atoms with Gasteiger partial charge < -0.3 is 20.7 Å². The van der Waals surface area contributed by atoms with Crippen LogP contribution in [0.3, 0.4) is 0 Å². The quantitative estimate of drug-likeness (QED) is 0.746. The fourth-order valence-corrected chi connectivity index (χ4v) is 3.99. The summed E-state index contributed by atoms with van der Waals surface area (Å²) in [6.45, 7) is 1.99. The number of hydrogen-bond acceptors (Lipinski definition) is 5. The van der Waals surface area contributed by atoms with Crippen LogP contribution in [0.4, 0.5) is 0 Å². The molecule has 1 saturated heterocycles. The van der Waals surface area contributed by atoms with Gasteiger partial charge in [0.2, 0.25) is 11.8 Å². The fraction of sp³-hybridized carbons (Fsp3) is 0.867. The summed E-state index contributed by atoms with van der Waals surface area (Å²) >= 11 is 1.91. The standard InChI is InChI=1S/C15H27N3O3S.ClH/c1-21-10-13(16)14(19)17-12-4-2-11(3-5-12)15(20)18-6-8-22-9-7-18;/h11-13H,2-10,16H2,1H3,(H,17,19);1H. The second-order valence-electron chi connectivity index (χ2n) is 6.06. The Morgan fingerprint density at radius 2 is 1.87 bits per heavy atom. The molecule has 0 aromatic carbocycles. The molecule has 1 aliphatic carbocycles. The molecule has 0 radical (unpaired) electrons. The van der Waals surface area contributed by atoms with Gasteiger partial charge in [0.25, 0.3) is 0 Å². The van der Waals surface area contributed by atoms with Crippen LogP contribution in [0.15, 0.2) is 0 Å². The maximum atomic E-state index is 12.5. The van der Waals surface area contributed by atoms with Crippen LogP contribution in [0, 0.1) is 5.92 Å². The zero-order chi connectivity index (χ0) is 15.9. The molecule has 0 bridgehead atoms. The lowest BCUT2D eigenvalue weighted by Gasteiger charge is -2.34. The Morgan fingerprint density at radius 1 is 1.26 bits per heavy atom. The van der Waals surface area contributed by atoms with Crippen LogP contribution in [0.2, 0.25) is 0 Å². The van der Waals surface area contributed by atoms with Crippen molar-refractivity contribution in [2.45, 2.75) is 37.8 Å². The van der Waals surface area contributed by atoms with E-state index in [1.807, 2.05) is 16.7 Å². The summed E-state index contributed by atoms with van der Waals surface area (Å²) < 4.78 is 4.89. The van der Waals surface area contributed by atoms with E-state index in [0.29, 0.717) is 5.91 Å². The van der Waals surface area contributed by atoms with Gasteiger partial charge in [0, 0.05) is 43.7 Å². The molecule has 2 amide bonds. The predicted molar refractivity (Wildman–Crippen MR) is 94.9 cm³/mol. The Kier molecular flexibility index (Phi) is 9.27. The van der Waals surface area contributed by atoms with Gasteiger partial charge in [-0.3, -0.25) is 9.59 Å². The number of nitrogens with one attached hydrogen (secondary N) is 1. The van der Waals surface area contributed by atoms with Crippen LogP contribution in [0.5, 0.6) is 0 Å². The van der Waals surface area contributed by atoms with Crippen LogP contribution >= 0.6 is 24.2 Å². The summed E-state index contributed by atoms with van der Waals surface area (Å²) in [7, 11) is 1.53. The first kappa shape index (κ1) is 20.5. The minimum atomic E-state index is -0.616. The molecular formula is C15H28ClN3O3S. The first-order valence-corrected chi connectivity index (χ1v) is 9.18. The number of rotatable bonds is 5. The third kappa shape index (κ3) is 6.14. The van der Waals surface area contributed by atoms with E-state index < -0.39 is 6.04 Å². The molecule has 3 N–H and O–H groups in total. The number of ether oxygens (including phenoxy) is 1. The van der Waals surface area contributed by atoms with Crippen molar-refractivity contribution in [3.8, 4) is 0 Å². The molecule has 1 aliphatic heterocycles. The lowest BCUT2D eigenvalue weighted by Crippen LogP contribution is -2.49. The second kappa shape index (κ2) is 10.4. The number of thioether (sulfide) groups is 1. The molecule has 2 fully saturated rings. The van der Waals surface area contributed by atoms with Gasteiger partial charge >= 0.3 is 0 Å². The number of hydrogen-bond donors (Lipinski definition) is 2. The van der Waals surface area contributed by atoms with Crippen LogP contribution in [-0.4, -0.2) is 67.1 Å². The lowest BCUT2D eigenvalue weighted by atomic mass is 9.85. The SMILES string of the molecule is COCC(N)C(=O)NC1CCC(C(=O)N2CCSCC2)CC1.Cl. The molecular weight excluding hydrogens is 338 g/mol. The van der Waals surface area contributed by atoms with Gasteiger partial charge in [-0.25, -0.2) is 0 Å². The summed E-state index contributed by atoms with van der Waals surface area (Å²) in [5.41, 5.74) is 5.72. The molecule has 1 saturated carbocycles. The van der Waals surface area contributed by atoms with E-state index in [-0.39, 0.29) is 36.9 Å². The van der Waals surface area contributed by atoms with Crippen molar-refractivity contribution in [1.82, 2.24) is 10.2 Å². The normalized spacial score (nSPS) is 26.1. The van der Waals surface area contributed by atoms with Crippen molar-refractivity contribution in [1.29, 1.82) is 0 Å². The molecule has 2 rings (SSSR count). The van der Waals surface area contributed by atoms with Gasteiger partial charge in [0.15, 0.2) is 0 Å². The maximum Gasteiger partial charge on any atom is 0.239 e. The van der Waals surface area contributed by atoms with E-state index in [1.165, 1.54) is 7.11 Å². The minimum Gasteiger partial charge on any atom is -0.383 e. The van der Waals surface area contributed by atoms with Crippen molar-refractivity contribution >= 4 is 36.0 Å². The lowest BCUT2D eigenvalue weighted by molar-refractivity contribution is -0.136. The highest BCUT2D eigenvalue weighted by molar-refractivity contribution is 7.99. The van der Waals surface area contributed by atoms with E-state index in [0.717, 1.165) is 50.3 Å². The van der Waals surface area contributed by atoms with E-state index >= 15 is 0 Å². The van der Waals surface area contributed by atoms with Gasteiger partial charge in [0.05, 0.1) is 6.61 Å². The van der Waals surface area contributed by atoms with Crippen LogP contribution < -0.4 is 11.1 Å². The average Bonchev–Trinajstić information content (AvgIpc) is 2.56. The Morgan fingerprint density at radius 3 is 2.43 bits per heavy atom. The molecule has 1 unspecified atom stereocenters. The average molecular weight is 366 g/mol. The number of nitrogens with two attached hydrogens (primary N) is 1. The minimum absolute atomic E-state index is 0. The van der Waals surface area contributed by atoms with E-state index in [9.17, 15) is 9.59 Å². The molecule has 8 heteroatoms. The number of methoxy groups -OCH3 is 1. The Balaban J connectivity index is 0.00000264. The van der Waals surface area contributed by atoms with Crippen LogP contribution in [-0.2, 0) is 14.3 Å². The molecule has 2 aliphatic rings. The zero-order valence-corrected chi connectivity index (χ0v) is 15.3. The van der Waals surface area contributed by atoms with Gasteiger partial charge in [0.1, 0.15) is 6.04 Å². The maximum absolute atomic E-state index is 12.5. The van der Waals surface area contributed by atoms with Gasteiger partial charge in [-0.15, -0.1) is 12.4 Å². The summed E-state index contributed by atoms with van der Waals surface area (Å²) in [6.07, 6.45) is 3.41. The molecule has 0 aromatic rings. The largest absolute Gasteiger partial charge is 0.383 e. The monoisotopic (exact) mass is 365 g/mol. The molecule has 6 nitrogen and oxygen atoms in total. The molecule has 0 aromatic heterocycles. The Hall–Kier alpha value is -0.500. The number of halogens is 1. The highest BCUT2D eigenvalue weighted by Gasteiger charge is 2.31. The second-order valence-corrected chi connectivity index (χ2v) is 7.28. The summed E-state index contributed by atoms with van der Waals surface area (Å²) in [4.78, 5) is 26.3. The Bertz CT molecular complexity index is 386. The summed E-state index contributed by atoms with van der Waals surface area (Å²) in [5, 5.41) is 2.97. The summed E-state index contributed by atoms with van der Waals surface area (Å²) in [6, 6.07) is -0.480. The van der Waals surface area contributed by atoms with Crippen molar-refractivity contribution in [3.63, 3.8) is 0 Å². The number of carbonyl (C=O) groups is 2. The van der Waals surface area contributed by atoms with Gasteiger partial charge in [-0.2, -0.15) is 11.8 Å². The van der Waals surface area contributed by atoms with Gasteiger partial charge in [-0.1, -0.05) is 0 Å². The fourth-order valence-electron chi connectivity index (χ4n) is 3.09. The molecule has 23 heavy (non-hydrogen) atoms. The number of amides is 2. The highest BCUT2D eigenvalue weighted by Crippen LogP contribution is 2.27. The van der Waals surface area contributed by atoms with Crippen molar-refractivity contribution < 1.29 is 14.3 Å². The first-order chi connectivity index (χ1) is 10.6. The van der Waals surface area contributed by atoms with Crippen molar-refractivity contribution in [2.75, 3.05) is 38.3 Å². The van der Waals surface area contributed by atoms with Crippen molar-refractivity contribution in [2.24, 2.45) is 11.7 Å². The van der Waals surface area contributed by atoms with E-state index in [2.05, 4.69) is 5.32 Å². The number of nitrogens with zero attached hydrogens (tertiary/aromatic N) is 1. The summed E-state index contributed by atoms with van der Waals surface area (Å²) in [5.74, 6) is 2.37.